The number of nitrogens with zero attached hydrogens (tertiary/aromatic N) is 1. The van der Waals surface area contributed by atoms with E-state index >= 15 is 0 Å². The molecule has 3 rings (SSSR count). The molecule has 0 spiro atoms. The standard InChI is InChI=1S/C19H24N2O2/c1-18(2)9-12(10-19(3,4)21-18)20-11-15-16(22)13-7-5-6-8-14(13)17(15)23/h5-8,11-12,15,21H,9-10H2,1-4H3. The van der Waals surface area contributed by atoms with Gasteiger partial charge in [-0.05, 0) is 40.5 Å². The highest BCUT2D eigenvalue weighted by Crippen LogP contribution is 2.31. The number of nitrogens with one attached hydrogen (secondary N) is 1. The summed E-state index contributed by atoms with van der Waals surface area (Å²) in [6.45, 7) is 8.66. The number of benzene rings is 1. The predicted molar refractivity (Wildman–Crippen MR) is 91.4 cm³/mol. The van der Waals surface area contributed by atoms with Gasteiger partial charge in [-0.1, -0.05) is 24.3 Å². The van der Waals surface area contributed by atoms with Crippen molar-refractivity contribution in [1.82, 2.24) is 5.32 Å². The van der Waals surface area contributed by atoms with Gasteiger partial charge >= 0.3 is 0 Å². The highest BCUT2D eigenvalue weighted by atomic mass is 16.2. The van der Waals surface area contributed by atoms with Crippen molar-refractivity contribution in [1.29, 1.82) is 0 Å². The number of Topliss-reactive ketones (excluding diaryl/α,β-unsaturated/α-hetero) is 2. The molecule has 0 aromatic heterocycles. The second-order valence-electron chi connectivity index (χ2n) is 8.00. The Hall–Kier alpha value is -1.81. The fraction of sp³-hybridized carbons (Fsp3) is 0.526. The minimum atomic E-state index is -0.742. The molecule has 0 atom stereocenters. The molecule has 1 saturated heterocycles. The molecule has 1 fully saturated rings. The number of piperidine rings is 1. The molecular formula is C19H24N2O2. The lowest BCUT2D eigenvalue weighted by Gasteiger charge is -2.45. The first kappa shape index (κ1) is 16.1. The molecule has 23 heavy (non-hydrogen) atoms. The summed E-state index contributed by atoms with van der Waals surface area (Å²) in [6, 6.07) is 7.16. The number of hydrogen-bond donors (Lipinski definition) is 1. The van der Waals surface area contributed by atoms with E-state index in [1.165, 1.54) is 0 Å². The van der Waals surface area contributed by atoms with Crippen LogP contribution < -0.4 is 5.32 Å². The van der Waals surface area contributed by atoms with E-state index in [0.717, 1.165) is 12.8 Å². The third-order valence-corrected chi connectivity index (χ3v) is 4.64. The van der Waals surface area contributed by atoms with Crippen LogP contribution >= 0.6 is 0 Å². The minimum Gasteiger partial charge on any atom is -0.307 e. The molecule has 1 aromatic carbocycles. The molecule has 1 heterocycles. The Morgan fingerprint density at radius 3 is 1.96 bits per heavy atom. The molecule has 4 nitrogen and oxygen atoms in total. The monoisotopic (exact) mass is 312 g/mol. The third-order valence-electron chi connectivity index (χ3n) is 4.64. The van der Waals surface area contributed by atoms with E-state index in [0.29, 0.717) is 11.1 Å². The second kappa shape index (κ2) is 5.38. The molecule has 4 heteroatoms. The highest BCUT2D eigenvalue weighted by Gasteiger charge is 2.39. The van der Waals surface area contributed by atoms with Crippen LogP contribution in [-0.4, -0.2) is 34.9 Å². The molecule has 1 aliphatic carbocycles. The van der Waals surface area contributed by atoms with Gasteiger partial charge in [0.15, 0.2) is 11.6 Å². The Labute approximate surface area is 137 Å². The highest BCUT2D eigenvalue weighted by molar-refractivity contribution is 6.33. The van der Waals surface area contributed by atoms with Gasteiger partial charge < -0.3 is 5.32 Å². The van der Waals surface area contributed by atoms with Crippen LogP contribution in [0.15, 0.2) is 29.3 Å². The number of fused-ring (bicyclic) bond motifs is 1. The molecule has 2 aliphatic rings. The fourth-order valence-electron chi connectivity index (χ4n) is 4.08. The molecule has 0 unspecified atom stereocenters. The van der Waals surface area contributed by atoms with Gasteiger partial charge in [0.25, 0.3) is 0 Å². The van der Waals surface area contributed by atoms with E-state index in [2.05, 4.69) is 38.0 Å². The van der Waals surface area contributed by atoms with Gasteiger partial charge in [-0.3, -0.25) is 14.6 Å². The number of carbonyl (C=O) groups excluding carboxylic acids is 2. The average Bonchev–Trinajstić information content (AvgIpc) is 2.66. The molecule has 0 radical (unpaired) electrons. The van der Waals surface area contributed by atoms with Gasteiger partial charge in [-0.15, -0.1) is 0 Å². The van der Waals surface area contributed by atoms with Crippen LogP contribution in [0.2, 0.25) is 0 Å². The number of aliphatic imine (C=N–C) groups is 1. The van der Waals surface area contributed by atoms with Gasteiger partial charge in [0.05, 0.1) is 6.04 Å². The fourth-order valence-corrected chi connectivity index (χ4v) is 4.08. The van der Waals surface area contributed by atoms with Crippen LogP contribution in [0.5, 0.6) is 0 Å². The summed E-state index contributed by atoms with van der Waals surface area (Å²) in [5, 5.41) is 3.61. The summed E-state index contributed by atoms with van der Waals surface area (Å²) in [5.41, 5.74) is 1.05. The van der Waals surface area contributed by atoms with Gasteiger partial charge in [0.1, 0.15) is 5.92 Å². The van der Waals surface area contributed by atoms with E-state index < -0.39 is 5.92 Å². The molecule has 0 bridgehead atoms. The molecule has 1 N–H and O–H groups in total. The Bertz CT molecular complexity index is 637. The summed E-state index contributed by atoms with van der Waals surface area (Å²) >= 11 is 0. The molecule has 122 valence electrons. The molecule has 1 aromatic rings. The summed E-state index contributed by atoms with van der Waals surface area (Å²) in [5.74, 6) is -0.989. The van der Waals surface area contributed by atoms with E-state index in [1.807, 2.05) is 0 Å². The minimum absolute atomic E-state index is 0.00356. The first-order valence-electron chi connectivity index (χ1n) is 8.19. The van der Waals surface area contributed by atoms with Crippen molar-refractivity contribution in [2.75, 3.05) is 0 Å². The Morgan fingerprint density at radius 1 is 1.00 bits per heavy atom. The Kier molecular flexibility index (Phi) is 3.75. The smallest absolute Gasteiger partial charge is 0.179 e. The van der Waals surface area contributed by atoms with Crippen LogP contribution in [-0.2, 0) is 0 Å². The normalized spacial score (nSPS) is 24.3. The van der Waals surface area contributed by atoms with Crippen molar-refractivity contribution in [2.45, 2.75) is 57.7 Å². The third kappa shape index (κ3) is 3.13. The zero-order valence-corrected chi connectivity index (χ0v) is 14.2. The molecule has 0 amide bonds. The topological polar surface area (TPSA) is 58.5 Å². The van der Waals surface area contributed by atoms with Gasteiger partial charge in [0, 0.05) is 28.4 Å². The van der Waals surface area contributed by atoms with E-state index in [9.17, 15) is 9.59 Å². The first-order valence-corrected chi connectivity index (χ1v) is 8.19. The Morgan fingerprint density at radius 2 is 1.48 bits per heavy atom. The van der Waals surface area contributed by atoms with Gasteiger partial charge in [0.2, 0.25) is 0 Å². The van der Waals surface area contributed by atoms with Crippen molar-refractivity contribution in [3.05, 3.63) is 35.4 Å². The zero-order chi connectivity index (χ0) is 16.8. The lowest BCUT2D eigenvalue weighted by atomic mass is 9.80. The summed E-state index contributed by atoms with van der Waals surface area (Å²) in [6.07, 6.45) is 3.39. The number of hydrogen-bond acceptors (Lipinski definition) is 4. The number of ketones is 2. The maximum atomic E-state index is 12.4. The maximum Gasteiger partial charge on any atom is 0.179 e. The van der Waals surface area contributed by atoms with Crippen LogP contribution in [0, 0.1) is 5.92 Å². The largest absolute Gasteiger partial charge is 0.307 e. The molecule has 1 aliphatic heterocycles. The van der Waals surface area contributed by atoms with Crippen LogP contribution in [0.3, 0.4) is 0 Å². The van der Waals surface area contributed by atoms with E-state index in [1.54, 1.807) is 30.5 Å². The Balaban J connectivity index is 1.79. The average molecular weight is 312 g/mol. The van der Waals surface area contributed by atoms with Crippen LogP contribution in [0.25, 0.3) is 0 Å². The van der Waals surface area contributed by atoms with Crippen molar-refractivity contribution in [2.24, 2.45) is 10.9 Å². The SMILES string of the molecule is CC1(C)CC(N=CC2C(=O)c3ccccc3C2=O)CC(C)(C)N1. The van der Waals surface area contributed by atoms with Crippen molar-refractivity contribution in [3.63, 3.8) is 0 Å². The maximum absolute atomic E-state index is 12.4. The second-order valence-corrected chi connectivity index (χ2v) is 8.00. The number of rotatable bonds is 2. The van der Waals surface area contributed by atoms with E-state index in [4.69, 9.17) is 0 Å². The first-order chi connectivity index (χ1) is 10.7. The zero-order valence-electron chi connectivity index (χ0n) is 14.2. The lowest BCUT2D eigenvalue weighted by molar-refractivity contribution is 0.0886. The van der Waals surface area contributed by atoms with Crippen molar-refractivity contribution >= 4 is 17.8 Å². The predicted octanol–water partition coefficient (Wildman–Crippen LogP) is 3.06. The van der Waals surface area contributed by atoms with Crippen molar-refractivity contribution in [3.8, 4) is 0 Å². The van der Waals surface area contributed by atoms with Gasteiger partial charge in [-0.25, -0.2) is 0 Å². The summed E-state index contributed by atoms with van der Waals surface area (Å²) < 4.78 is 0. The van der Waals surface area contributed by atoms with E-state index in [-0.39, 0.29) is 28.7 Å². The number of carbonyl (C=O) groups is 2. The summed E-state index contributed by atoms with van der Waals surface area (Å²) in [7, 11) is 0. The van der Waals surface area contributed by atoms with Gasteiger partial charge in [-0.2, -0.15) is 0 Å². The lowest BCUT2D eigenvalue weighted by Crippen LogP contribution is -2.58. The van der Waals surface area contributed by atoms with Crippen molar-refractivity contribution < 1.29 is 9.59 Å². The summed E-state index contributed by atoms with van der Waals surface area (Å²) in [4.78, 5) is 29.5. The molecular weight excluding hydrogens is 288 g/mol. The molecule has 0 saturated carbocycles. The van der Waals surface area contributed by atoms with Crippen LogP contribution in [0.4, 0.5) is 0 Å². The van der Waals surface area contributed by atoms with Crippen LogP contribution in [0.1, 0.15) is 61.3 Å². The quantitative estimate of drug-likeness (QED) is 0.674.